The Labute approximate surface area is 142 Å². The van der Waals surface area contributed by atoms with E-state index in [1.165, 1.54) is 24.3 Å². The molecule has 0 bridgehead atoms. The van der Waals surface area contributed by atoms with Crippen molar-refractivity contribution in [3.63, 3.8) is 0 Å². The normalized spacial score (nSPS) is 12.1. The van der Waals surface area contributed by atoms with Crippen LogP contribution in [0.3, 0.4) is 0 Å². The highest BCUT2D eigenvalue weighted by molar-refractivity contribution is 7.91. The molecule has 0 amide bonds. The first-order valence-corrected chi connectivity index (χ1v) is 10.9. The Bertz CT molecular complexity index is 860. The molecule has 0 spiro atoms. The molecule has 2 rings (SSSR count). The highest BCUT2D eigenvalue weighted by Gasteiger charge is 2.10. The SMILES string of the molecule is CS(=O)(=O)c1ccc(CC(=O)Cc2ccc(S(C)(=O)=O)cc2)cc1. The number of carbonyl (C=O) groups is 1. The van der Waals surface area contributed by atoms with E-state index in [-0.39, 0.29) is 28.4 Å². The molecule has 0 aliphatic rings. The van der Waals surface area contributed by atoms with E-state index in [1.807, 2.05) is 0 Å². The summed E-state index contributed by atoms with van der Waals surface area (Å²) in [6, 6.07) is 12.4. The van der Waals surface area contributed by atoms with Crippen LogP contribution in [0.2, 0.25) is 0 Å². The number of carbonyl (C=O) groups excluding carboxylic acids is 1. The summed E-state index contributed by atoms with van der Waals surface area (Å²) >= 11 is 0. The summed E-state index contributed by atoms with van der Waals surface area (Å²) in [5.41, 5.74) is 1.47. The predicted octanol–water partition coefficient (Wildman–Crippen LogP) is 1.85. The van der Waals surface area contributed by atoms with Crippen molar-refractivity contribution < 1.29 is 21.6 Å². The first-order valence-electron chi connectivity index (χ1n) is 7.15. The summed E-state index contributed by atoms with van der Waals surface area (Å²) in [7, 11) is -6.49. The second kappa shape index (κ2) is 6.86. The van der Waals surface area contributed by atoms with Crippen LogP contribution in [0.5, 0.6) is 0 Å². The Hall–Kier alpha value is -1.99. The van der Waals surface area contributed by atoms with Gasteiger partial charge in [-0.3, -0.25) is 4.79 Å². The maximum Gasteiger partial charge on any atom is 0.175 e. The average Bonchev–Trinajstić information content (AvgIpc) is 2.46. The van der Waals surface area contributed by atoms with E-state index in [0.29, 0.717) is 0 Å². The summed E-state index contributed by atoms with van der Waals surface area (Å²) in [6.45, 7) is 0. The van der Waals surface area contributed by atoms with E-state index < -0.39 is 19.7 Å². The standard InChI is InChI=1S/C17H18O5S2/c1-23(19,20)16-7-3-13(4-8-16)11-15(18)12-14-5-9-17(10-6-14)24(2,21)22/h3-10H,11-12H2,1-2H3. The first kappa shape index (κ1) is 18.4. The zero-order valence-corrected chi connectivity index (χ0v) is 15.0. The molecule has 0 aliphatic carbocycles. The van der Waals surface area contributed by atoms with E-state index in [1.54, 1.807) is 24.3 Å². The van der Waals surface area contributed by atoms with Gasteiger partial charge in [0, 0.05) is 25.4 Å². The van der Waals surface area contributed by atoms with Crippen molar-refractivity contribution in [3.05, 3.63) is 59.7 Å². The van der Waals surface area contributed by atoms with Gasteiger partial charge in [0.15, 0.2) is 19.7 Å². The Balaban J connectivity index is 2.03. The Morgan fingerprint density at radius 1 is 0.667 bits per heavy atom. The smallest absolute Gasteiger partial charge is 0.175 e. The summed E-state index contributed by atoms with van der Waals surface area (Å²) in [4.78, 5) is 12.5. The highest BCUT2D eigenvalue weighted by atomic mass is 32.2. The molecule has 24 heavy (non-hydrogen) atoms. The molecule has 7 heteroatoms. The minimum atomic E-state index is -3.25. The molecule has 0 saturated heterocycles. The molecule has 5 nitrogen and oxygen atoms in total. The van der Waals surface area contributed by atoms with Crippen molar-refractivity contribution in [1.82, 2.24) is 0 Å². The molecule has 0 unspecified atom stereocenters. The van der Waals surface area contributed by atoms with Gasteiger partial charge in [-0.05, 0) is 35.4 Å². The van der Waals surface area contributed by atoms with Crippen molar-refractivity contribution in [2.75, 3.05) is 12.5 Å². The molecule has 0 N–H and O–H groups in total. The minimum absolute atomic E-state index is 0.0331. The quantitative estimate of drug-likeness (QED) is 0.779. The van der Waals surface area contributed by atoms with Crippen LogP contribution >= 0.6 is 0 Å². The van der Waals surface area contributed by atoms with E-state index >= 15 is 0 Å². The van der Waals surface area contributed by atoms with Crippen LogP contribution in [0.15, 0.2) is 58.3 Å². The van der Waals surface area contributed by atoms with Gasteiger partial charge in [-0.25, -0.2) is 16.8 Å². The molecule has 0 aromatic heterocycles. The zero-order chi connectivity index (χ0) is 18.0. The van der Waals surface area contributed by atoms with Crippen molar-refractivity contribution in [3.8, 4) is 0 Å². The van der Waals surface area contributed by atoms with Crippen LogP contribution < -0.4 is 0 Å². The number of hydrogen-bond acceptors (Lipinski definition) is 5. The molecular weight excluding hydrogens is 348 g/mol. The average molecular weight is 366 g/mol. The first-order chi connectivity index (χ1) is 11.1. The van der Waals surface area contributed by atoms with Gasteiger partial charge in [0.25, 0.3) is 0 Å². The molecule has 0 radical (unpaired) electrons. The van der Waals surface area contributed by atoms with Crippen molar-refractivity contribution in [1.29, 1.82) is 0 Å². The largest absolute Gasteiger partial charge is 0.299 e. The second-order valence-electron chi connectivity index (χ2n) is 5.72. The minimum Gasteiger partial charge on any atom is -0.299 e. The van der Waals surface area contributed by atoms with Crippen LogP contribution in [0.1, 0.15) is 11.1 Å². The number of rotatable bonds is 6. The van der Waals surface area contributed by atoms with Gasteiger partial charge in [0.1, 0.15) is 5.78 Å². The van der Waals surface area contributed by atoms with Crippen LogP contribution in [-0.2, 0) is 37.3 Å². The van der Waals surface area contributed by atoms with Crippen LogP contribution in [0.4, 0.5) is 0 Å². The predicted molar refractivity (Wildman–Crippen MR) is 91.5 cm³/mol. The van der Waals surface area contributed by atoms with E-state index in [2.05, 4.69) is 0 Å². The third-order valence-electron chi connectivity index (χ3n) is 3.51. The van der Waals surface area contributed by atoms with Crippen LogP contribution in [0.25, 0.3) is 0 Å². The highest BCUT2D eigenvalue weighted by Crippen LogP contribution is 2.14. The lowest BCUT2D eigenvalue weighted by Crippen LogP contribution is -2.07. The van der Waals surface area contributed by atoms with Gasteiger partial charge < -0.3 is 0 Å². The third-order valence-corrected chi connectivity index (χ3v) is 5.76. The van der Waals surface area contributed by atoms with E-state index in [0.717, 1.165) is 23.6 Å². The molecule has 2 aromatic rings. The van der Waals surface area contributed by atoms with Gasteiger partial charge in [0.05, 0.1) is 9.79 Å². The lowest BCUT2D eigenvalue weighted by molar-refractivity contribution is -0.117. The summed E-state index contributed by atoms with van der Waals surface area (Å²) < 4.78 is 45.6. The van der Waals surface area contributed by atoms with Gasteiger partial charge in [0.2, 0.25) is 0 Å². The fourth-order valence-electron chi connectivity index (χ4n) is 2.23. The van der Waals surface area contributed by atoms with Crippen LogP contribution in [-0.4, -0.2) is 35.1 Å². The molecule has 0 heterocycles. The molecular formula is C17H18O5S2. The molecule has 2 aromatic carbocycles. The molecule has 0 fully saturated rings. The third kappa shape index (κ3) is 5.01. The van der Waals surface area contributed by atoms with E-state index in [4.69, 9.17) is 0 Å². The van der Waals surface area contributed by atoms with E-state index in [9.17, 15) is 21.6 Å². The number of sulfone groups is 2. The maximum absolute atomic E-state index is 12.1. The fourth-order valence-corrected chi connectivity index (χ4v) is 3.49. The number of hydrogen-bond donors (Lipinski definition) is 0. The number of ketones is 1. The molecule has 0 aliphatic heterocycles. The Kier molecular flexibility index (Phi) is 5.25. The molecule has 128 valence electrons. The second-order valence-corrected chi connectivity index (χ2v) is 9.76. The van der Waals surface area contributed by atoms with Gasteiger partial charge in [-0.1, -0.05) is 24.3 Å². The number of benzene rings is 2. The van der Waals surface area contributed by atoms with Crippen LogP contribution in [0, 0.1) is 0 Å². The Morgan fingerprint density at radius 3 is 1.21 bits per heavy atom. The summed E-state index contributed by atoms with van der Waals surface area (Å²) in [5, 5.41) is 0. The van der Waals surface area contributed by atoms with Gasteiger partial charge in [-0.2, -0.15) is 0 Å². The number of Topliss-reactive ketones (excluding diaryl/α,β-unsaturated/α-hetero) is 1. The maximum atomic E-state index is 12.1. The van der Waals surface area contributed by atoms with Crippen molar-refractivity contribution >= 4 is 25.5 Å². The lowest BCUT2D eigenvalue weighted by Gasteiger charge is -2.04. The van der Waals surface area contributed by atoms with Crippen molar-refractivity contribution in [2.45, 2.75) is 22.6 Å². The van der Waals surface area contributed by atoms with Gasteiger partial charge >= 0.3 is 0 Å². The Morgan fingerprint density at radius 2 is 0.958 bits per heavy atom. The topological polar surface area (TPSA) is 85.3 Å². The van der Waals surface area contributed by atoms with Crippen molar-refractivity contribution in [2.24, 2.45) is 0 Å². The summed E-state index contributed by atoms with van der Waals surface area (Å²) in [6.07, 6.45) is 2.65. The van der Waals surface area contributed by atoms with Gasteiger partial charge in [-0.15, -0.1) is 0 Å². The fraction of sp³-hybridized carbons (Fsp3) is 0.235. The molecule has 0 atom stereocenters. The molecule has 0 saturated carbocycles. The monoisotopic (exact) mass is 366 g/mol. The lowest BCUT2D eigenvalue weighted by atomic mass is 10.0. The zero-order valence-electron chi connectivity index (χ0n) is 13.4. The summed E-state index contributed by atoms with van der Waals surface area (Å²) in [5.74, 6) is -0.0331.